The highest BCUT2D eigenvalue weighted by molar-refractivity contribution is 7.67. The van der Waals surface area contributed by atoms with Gasteiger partial charge in [0, 0.05) is 23.9 Å². The quantitative estimate of drug-likeness (QED) is 0.683. The first-order chi connectivity index (χ1) is 10.7. The zero-order valence-electron chi connectivity index (χ0n) is 13.1. The summed E-state index contributed by atoms with van der Waals surface area (Å²) in [7, 11) is -2.60. The third kappa shape index (κ3) is 2.13. The van der Waals surface area contributed by atoms with E-state index in [1.54, 1.807) is 0 Å². The summed E-state index contributed by atoms with van der Waals surface area (Å²) in [5, 5.41) is 4.80. The van der Waals surface area contributed by atoms with Gasteiger partial charge in [-0.1, -0.05) is 18.2 Å². The maximum absolute atomic E-state index is 13.9. The minimum absolute atomic E-state index is 0.155. The summed E-state index contributed by atoms with van der Waals surface area (Å²) in [6, 6.07) is 10.2. The first-order valence-corrected chi connectivity index (χ1v) is 10.5. The van der Waals surface area contributed by atoms with E-state index in [4.69, 9.17) is 0 Å². The van der Waals surface area contributed by atoms with Crippen LogP contribution in [-0.4, -0.2) is 23.3 Å². The van der Waals surface area contributed by atoms with E-state index in [1.165, 1.54) is 38.5 Å². The lowest BCUT2D eigenvalue weighted by molar-refractivity contribution is -0.00873. The molecule has 4 bridgehead atoms. The summed E-state index contributed by atoms with van der Waals surface area (Å²) >= 11 is 0. The van der Waals surface area contributed by atoms with Gasteiger partial charge in [-0.2, -0.15) is 0 Å². The Morgan fingerprint density at radius 2 is 1.50 bits per heavy atom. The average molecular weight is 316 g/mol. The van der Waals surface area contributed by atoms with Crippen molar-refractivity contribution in [3.05, 3.63) is 30.3 Å². The fourth-order valence-electron chi connectivity index (χ4n) is 5.82. The van der Waals surface area contributed by atoms with Gasteiger partial charge in [-0.25, -0.2) is 9.76 Å². The Bertz CT molecular complexity index is 590. The van der Waals surface area contributed by atoms with Gasteiger partial charge in [0.15, 0.2) is 0 Å². The van der Waals surface area contributed by atoms with Crippen molar-refractivity contribution in [1.29, 1.82) is 0 Å². The number of hydrogen-bond acceptors (Lipinski definition) is 1. The largest absolute Gasteiger partial charge is 0.284 e. The summed E-state index contributed by atoms with van der Waals surface area (Å²) in [6.07, 6.45) is 8.05. The van der Waals surface area contributed by atoms with Crippen molar-refractivity contribution < 1.29 is 4.57 Å². The normalized spacial score (nSPS) is 42.3. The molecule has 5 aliphatic rings. The second kappa shape index (κ2) is 4.69. The van der Waals surface area contributed by atoms with Crippen molar-refractivity contribution in [3.63, 3.8) is 0 Å². The van der Waals surface area contributed by atoms with Crippen molar-refractivity contribution in [2.75, 3.05) is 13.1 Å². The van der Waals surface area contributed by atoms with E-state index in [0.29, 0.717) is 0 Å². The van der Waals surface area contributed by atoms with Gasteiger partial charge in [0.25, 0.3) is 0 Å². The van der Waals surface area contributed by atoms with E-state index < -0.39 is 7.44 Å². The van der Waals surface area contributed by atoms with E-state index in [-0.39, 0.29) is 5.54 Å². The van der Waals surface area contributed by atoms with Crippen molar-refractivity contribution in [1.82, 2.24) is 9.76 Å². The summed E-state index contributed by atoms with van der Waals surface area (Å²) in [4.78, 5) is 0. The molecule has 1 heterocycles. The second-order valence-corrected chi connectivity index (χ2v) is 10.6. The van der Waals surface area contributed by atoms with Crippen LogP contribution in [-0.2, 0) is 4.57 Å². The Hall–Kier alpha value is -0.630. The number of rotatable bonds is 4. The molecule has 1 N–H and O–H groups in total. The molecule has 0 radical (unpaired) electrons. The Labute approximate surface area is 132 Å². The average Bonchev–Trinajstić information content (AvgIpc) is 3.31. The van der Waals surface area contributed by atoms with E-state index in [9.17, 15) is 4.57 Å². The number of nitrogens with one attached hydrogen (secondary N) is 1. The molecule has 0 aromatic heterocycles. The Kier molecular flexibility index (Phi) is 2.94. The molecular weight excluding hydrogens is 291 g/mol. The van der Waals surface area contributed by atoms with Crippen molar-refractivity contribution in [2.24, 2.45) is 17.8 Å². The summed E-state index contributed by atoms with van der Waals surface area (Å²) in [6.45, 7) is 1.96. The lowest BCUT2D eigenvalue weighted by Gasteiger charge is -2.57. The van der Waals surface area contributed by atoms with Crippen LogP contribution in [0.1, 0.15) is 38.5 Å². The molecule has 1 saturated heterocycles. The number of benzene rings is 1. The summed E-state index contributed by atoms with van der Waals surface area (Å²) in [5.74, 6) is 2.66. The Morgan fingerprint density at radius 3 is 2.00 bits per heavy atom. The van der Waals surface area contributed by atoms with Crippen molar-refractivity contribution in [3.8, 4) is 0 Å². The molecule has 1 aromatic carbocycles. The smallest absolute Gasteiger partial charge is 0.243 e. The van der Waals surface area contributed by atoms with Gasteiger partial charge in [-0.3, -0.25) is 4.57 Å². The Balaban J connectivity index is 1.49. The van der Waals surface area contributed by atoms with Crippen LogP contribution >= 0.6 is 7.44 Å². The van der Waals surface area contributed by atoms with Crippen LogP contribution in [0.15, 0.2) is 30.3 Å². The molecule has 6 rings (SSSR count). The zero-order chi connectivity index (χ0) is 14.8. The maximum atomic E-state index is 13.9. The third-order valence-corrected chi connectivity index (χ3v) is 9.33. The summed E-state index contributed by atoms with van der Waals surface area (Å²) < 4.78 is 16.0. The first-order valence-electron chi connectivity index (χ1n) is 8.86. The fraction of sp³-hybridized carbons (Fsp3) is 0.667. The van der Waals surface area contributed by atoms with Gasteiger partial charge < -0.3 is 0 Å². The van der Waals surface area contributed by atoms with E-state index >= 15 is 0 Å². The molecule has 22 heavy (non-hydrogen) atoms. The molecule has 0 spiro atoms. The van der Waals surface area contributed by atoms with Gasteiger partial charge in [0.2, 0.25) is 7.44 Å². The monoisotopic (exact) mass is 316 g/mol. The summed E-state index contributed by atoms with van der Waals surface area (Å²) in [5.41, 5.74) is 0.155. The van der Waals surface area contributed by atoms with Gasteiger partial charge >= 0.3 is 0 Å². The topological polar surface area (TPSA) is 32.1 Å². The number of nitrogens with zero attached hydrogens (tertiary/aromatic N) is 1. The van der Waals surface area contributed by atoms with Crippen molar-refractivity contribution in [2.45, 2.75) is 44.1 Å². The first kappa shape index (κ1) is 13.8. The molecule has 4 saturated carbocycles. The van der Waals surface area contributed by atoms with Crippen LogP contribution in [0.5, 0.6) is 0 Å². The van der Waals surface area contributed by atoms with Gasteiger partial charge in [-0.05, 0) is 68.4 Å². The molecule has 4 aliphatic carbocycles. The molecule has 3 nitrogen and oxygen atoms in total. The molecule has 5 fully saturated rings. The van der Waals surface area contributed by atoms with Gasteiger partial charge in [-0.15, -0.1) is 0 Å². The molecular formula is C18H25N2OP. The third-order valence-electron chi connectivity index (χ3n) is 6.36. The van der Waals surface area contributed by atoms with Crippen LogP contribution < -0.4 is 10.4 Å². The van der Waals surface area contributed by atoms with E-state index in [2.05, 4.69) is 9.76 Å². The van der Waals surface area contributed by atoms with Crippen LogP contribution in [0.25, 0.3) is 0 Å². The highest BCUT2D eigenvalue weighted by Gasteiger charge is 2.54. The fourth-order valence-corrected chi connectivity index (χ4v) is 8.57. The van der Waals surface area contributed by atoms with Crippen LogP contribution in [0.4, 0.5) is 0 Å². The molecule has 4 heteroatoms. The lowest BCUT2D eigenvalue weighted by Crippen LogP contribution is -2.58. The molecule has 1 unspecified atom stereocenters. The van der Waals surface area contributed by atoms with Gasteiger partial charge in [0.1, 0.15) is 0 Å². The maximum Gasteiger partial charge on any atom is 0.243 e. The molecule has 118 valence electrons. The van der Waals surface area contributed by atoms with Crippen LogP contribution in [0.3, 0.4) is 0 Å². The Morgan fingerprint density at radius 1 is 0.955 bits per heavy atom. The van der Waals surface area contributed by atoms with Gasteiger partial charge in [0.05, 0.1) is 0 Å². The predicted molar refractivity (Wildman–Crippen MR) is 89.3 cm³/mol. The van der Waals surface area contributed by atoms with Crippen molar-refractivity contribution >= 4 is 12.7 Å². The van der Waals surface area contributed by atoms with E-state index in [1.807, 2.05) is 30.3 Å². The molecule has 0 amide bonds. The SMILES string of the molecule is O=P(NC12CC3CC(CC(C3)C1)C2)(c1ccccc1)N1CC1. The highest BCUT2D eigenvalue weighted by atomic mass is 31.2. The molecule has 1 aliphatic heterocycles. The minimum Gasteiger partial charge on any atom is -0.284 e. The zero-order valence-corrected chi connectivity index (χ0v) is 14.0. The van der Waals surface area contributed by atoms with Crippen LogP contribution in [0.2, 0.25) is 0 Å². The molecule has 1 aromatic rings. The predicted octanol–water partition coefficient (Wildman–Crippen LogP) is 3.38. The standard InChI is InChI=1S/C18H25N2OP/c21-22(20-6-7-20,17-4-2-1-3-5-17)19-18-11-14-8-15(12-18)10-16(9-14)13-18/h1-5,14-16H,6-13H2,(H,19,21). The van der Waals surface area contributed by atoms with Crippen LogP contribution in [0, 0.1) is 17.8 Å². The van der Waals surface area contributed by atoms with E-state index in [0.717, 1.165) is 36.1 Å². The minimum atomic E-state index is -2.60. The lowest BCUT2D eigenvalue weighted by atomic mass is 9.53. The number of hydrogen-bond donors (Lipinski definition) is 1. The highest BCUT2D eigenvalue weighted by Crippen LogP contribution is 2.60. The second-order valence-electron chi connectivity index (χ2n) is 8.17. The molecule has 1 atom stereocenters.